The Kier molecular flexibility index (Phi) is 11.2. The van der Waals surface area contributed by atoms with Gasteiger partial charge in [0.05, 0.1) is 11.8 Å². The standard InChI is InChI=1S/C29H41NO6/c1-11-14-29(10,36-28(33)19(6)7)20(8)15-23(21(9)30)22-12-13-24(34-26(31)17(2)3)25(16-22)35-27(32)18(4)5/h11-13,16-18,20,23H,1,6,9,14-15,30H2,2-5,7-8,10H3. The quantitative estimate of drug-likeness (QED) is 0.157. The SMILES string of the molecule is C=CCC(C)(OC(=O)C(=C)C)C(C)CC(C(=C)N)c1ccc(OC(=O)C(C)C)c(OC(=O)C(C)C)c1. The van der Waals surface area contributed by atoms with Crippen LogP contribution in [0.2, 0.25) is 0 Å². The lowest BCUT2D eigenvalue weighted by Crippen LogP contribution is -2.39. The summed E-state index contributed by atoms with van der Waals surface area (Å²) in [6.45, 7) is 23.7. The number of hydrogen-bond acceptors (Lipinski definition) is 7. The molecule has 0 aliphatic carbocycles. The molecular weight excluding hydrogens is 458 g/mol. The molecule has 0 bridgehead atoms. The van der Waals surface area contributed by atoms with Crippen molar-refractivity contribution in [1.82, 2.24) is 0 Å². The molecule has 3 unspecified atom stereocenters. The van der Waals surface area contributed by atoms with Gasteiger partial charge in [-0.2, -0.15) is 0 Å². The van der Waals surface area contributed by atoms with E-state index in [1.165, 1.54) is 0 Å². The highest BCUT2D eigenvalue weighted by molar-refractivity contribution is 5.87. The second-order valence-electron chi connectivity index (χ2n) is 10.1. The van der Waals surface area contributed by atoms with Crippen molar-refractivity contribution in [3.63, 3.8) is 0 Å². The van der Waals surface area contributed by atoms with Crippen molar-refractivity contribution in [3.05, 3.63) is 60.8 Å². The van der Waals surface area contributed by atoms with Crippen LogP contribution < -0.4 is 15.2 Å². The molecule has 0 aliphatic rings. The van der Waals surface area contributed by atoms with Crippen LogP contribution in [0.25, 0.3) is 0 Å². The first-order chi connectivity index (χ1) is 16.6. The lowest BCUT2D eigenvalue weighted by atomic mass is 9.78. The molecule has 7 nitrogen and oxygen atoms in total. The summed E-state index contributed by atoms with van der Waals surface area (Å²) in [5, 5.41) is 0. The highest BCUT2D eigenvalue weighted by Gasteiger charge is 2.36. The number of allylic oxidation sites excluding steroid dienone is 1. The molecule has 0 fully saturated rings. The summed E-state index contributed by atoms with van der Waals surface area (Å²) < 4.78 is 16.8. The van der Waals surface area contributed by atoms with Gasteiger partial charge >= 0.3 is 17.9 Å². The fourth-order valence-electron chi connectivity index (χ4n) is 3.39. The van der Waals surface area contributed by atoms with Crippen LogP contribution in [0, 0.1) is 17.8 Å². The highest BCUT2D eigenvalue weighted by Crippen LogP contribution is 2.39. The summed E-state index contributed by atoms with van der Waals surface area (Å²) >= 11 is 0. The summed E-state index contributed by atoms with van der Waals surface area (Å²) in [5.74, 6) is -2.38. The van der Waals surface area contributed by atoms with E-state index in [4.69, 9.17) is 19.9 Å². The third-order valence-corrected chi connectivity index (χ3v) is 6.04. The van der Waals surface area contributed by atoms with Gasteiger partial charge in [0.1, 0.15) is 5.60 Å². The molecule has 0 spiro atoms. The topological polar surface area (TPSA) is 105 Å². The van der Waals surface area contributed by atoms with E-state index >= 15 is 0 Å². The number of esters is 3. The van der Waals surface area contributed by atoms with Crippen LogP contribution in [0.15, 0.2) is 55.3 Å². The van der Waals surface area contributed by atoms with E-state index in [9.17, 15) is 14.4 Å². The Labute approximate surface area is 215 Å². The number of nitrogens with two attached hydrogens (primary N) is 1. The van der Waals surface area contributed by atoms with Gasteiger partial charge in [-0.15, -0.1) is 6.58 Å². The minimum atomic E-state index is -0.856. The van der Waals surface area contributed by atoms with Crippen LogP contribution in [0.1, 0.15) is 72.8 Å². The minimum Gasteiger partial charge on any atom is -0.455 e. The van der Waals surface area contributed by atoms with Crippen molar-refractivity contribution in [2.45, 2.75) is 72.8 Å². The van der Waals surface area contributed by atoms with E-state index in [-0.39, 0.29) is 35.2 Å². The molecule has 0 aliphatic heterocycles. The summed E-state index contributed by atoms with van der Waals surface area (Å²) in [7, 11) is 0. The normalized spacial score (nSPS) is 14.4. The van der Waals surface area contributed by atoms with Crippen LogP contribution in [0.5, 0.6) is 11.5 Å². The summed E-state index contributed by atoms with van der Waals surface area (Å²) in [5.41, 5.74) is 6.77. The first-order valence-electron chi connectivity index (χ1n) is 12.1. The molecule has 2 N–H and O–H groups in total. The fraction of sp³-hybridized carbons (Fsp3) is 0.483. The maximum atomic E-state index is 12.4. The van der Waals surface area contributed by atoms with E-state index in [0.29, 0.717) is 24.1 Å². The monoisotopic (exact) mass is 499 g/mol. The maximum Gasteiger partial charge on any atom is 0.333 e. The van der Waals surface area contributed by atoms with Crippen LogP contribution in [-0.2, 0) is 19.1 Å². The van der Waals surface area contributed by atoms with E-state index in [1.54, 1.807) is 58.9 Å². The summed E-state index contributed by atoms with van der Waals surface area (Å²) in [6, 6.07) is 4.99. The Morgan fingerprint density at radius 3 is 1.97 bits per heavy atom. The average Bonchev–Trinajstić information content (AvgIpc) is 2.77. The maximum absolute atomic E-state index is 12.4. The van der Waals surface area contributed by atoms with Crippen LogP contribution >= 0.6 is 0 Å². The van der Waals surface area contributed by atoms with Gasteiger partial charge in [-0.3, -0.25) is 9.59 Å². The zero-order valence-corrected chi connectivity index (χ0v) is 22.7. The van der Waals surface area contributed by atoms with Gasteiger partial charge in [0.25, 0.3) is 0 Å². The third kappa shape index (κ3) is 8.40. The first-order valence-corrected chi connectivity index (χ1v) is 12.1. The second kappa shape index (κ2) is 13.1. The average molecular weight is 500 g/mol. The zero-order chi connectivity index (χ0) is 27.8. The predicted octanol–water partition coefficient (Wildman–Crippen LogP) is 5.85. The Balaban J connectivity index is 3.42. The third-order valence-electron chi connectivity index (χ3n) is 6.04. The molecule has 198 valence electrons. The fourth-order valence-corrected chi connectivity index (χ4v) is 3.39. The molecule has 3 atom stereocenters. The van der Waals surface area contributed by atoms with Crippen molar-refractivity contribution in [2.75, 3.05) is 0 Å². The number of carbonyl (C=O) groups excluding carboxylic acids is 3. The van der Waals surface area contributed by atoms with E-state index in [1.807, 2.05) is 13.8 Å². The van der Waals surface area contributed by atoms with Gasteiger partial charge < -0.3 is 19.9 Å². The zero-order valence-electron chi connectivity index (χ0n) is 22.7. The number of hydrogen-bond donors (Lipinski definition) is 1. The van der Waals surface area contributed by atoms with Crippen LogP contribution in [0.4, 0.5) is 0 Å². The number of rotatable bonds is 13. The molecule has 0 saturated heterocycles. The summed E-state index contributed by atoms with van der Waals surface area (Å²) in [4.78, 5) is 36.9. The minimum absolute atomic E-state index is 0.127. The van der Waals surface area contributed by atoms with Gasteiger partial charge in [0.15, 0.2) is 11.5 Å². The molecule has 36 heavy (non-hydrogen) atoms. The van der Waals surface area contributed by atoms with Crippen molar-refractivity contribution in [3.8, 4) is 11.5 Å². The van der Waals surface area contributed by atoms with Crippen LogP contribution in [-0.4, -0.2) is 23.5 Å². The van der Waals surface area contributed by atoms with E-state index < -0.39 is 23.5 Å². The van der Waals surface area contributed by atoms with E-state index in [0.717, 1.165) is 5.56 Å². The Morgan fingerprint density at radius 1 is 1.00 bits per heavy atom. The highest BCUT2D eigenvalue weighted by atomic mass is 16.6. The Hall–Kier alpha value is -3.35. The van der Waals surface area contributed by atoms with Crippen molar-refractivity contribution >= 4 is 17.9 Å². The first kappa shape index (κ1) is 30.7. The smallest absolute Gasteiger partial charge is 0.333 e. The molecular formula is C29H41NO6. The molecule has 1 rings (SSSR count). The Morgan fingerprint density at radius 2 is 1.53 bits per heavy atom. The largest absolute Gasteiger partial charge is 0.455 e. The molecule has 1 aromatic carbocycles. The lowest BCUT2D eigenvalue weighted by Gasteiger charge is -2.36. The molecule has 1 aromatic rings. The molecule has 0 heterocycles. The van der Waals surface area contributed by atoms with Crippen molar-refractivity contribution in [1.29, 1.82) is 0 Å². The number of benzene rings is 1. The second-order valence-corrected chi connectivity index (χ2v) is 10.1. The molecule has 7 heteroatoms. The molecule has 0 aromatic heterocycles. The van der Waals surface area contributed by atoms with Crippen molar-refractivity contribution in [2.24, 2.45) is 23.5 Å². The van der Waals surface area contributed by atoms with Gasteiger partial charge in [-0.1, -0.05) is 59.9 Å². The van der Waals surface area contributed by atoms with Crippen molar-refractivity contribution < 1.29 is 28.6 Å². The molecule has 0 radical (unpaired) electrons. The van der Waals surface area contributed by atoms with E-state index in [2.05, 4.69) is 19.7 Å². The number of ether oxygens (including phenoxy) is 3. The van der Waals surface area contributed by atoms with Gasteiger partial charge in [-0.25, -0.2) is 4.79 Å². The Bertz CT molecular complexity index is 1010. The van der Waals surface area contributed by atoms with Gasteiger partial charge in [-0.05, 0) is 43.9 Å². The van der Waals surface area contributed by atoms with Crippen LogP contribution in [0.3, 0.4) is 0 Å². The lowest BCUT2D eigenvalue weighted by molar-refractivity contribution is -0.158. The molecule has 0 amide bonds. The molecule has 0 saturated carbocycles. The van der Waals surface area contributed by atoms with Gasteiger partial charge in [0, 0.05) is 23.6 Å². The number of carbonyl (C=O) groups is 3. The predicted molar refractivity (Wildman–Crippen MR) is 141 cm³/mol. The summed E-state index contributed by atoms with van der Waals surface area (Å²) in [6.07, 6.45) is 2.61. The van der Waals surface area contributed by atoms with Gasteiger partial charge in [0.2, 0.25) is 0 Å².